The molecule has 0 saturated carbocycles. The van der Waals surface area contributed by atoms with E-state index < -0.39 is 0 Å². The first-order chi connectivity index (χ1) is 7.70. The van der Waals surface area contributed by atoms with Gasteiger partial charge in [-0.05, 0) is 20.3 Å². The zero-order valence-electron chi connectivity index (χ0n) is 10.9. The highest BCUT2D eigenvalue weighted by Crippen LogP contribution is 1.88. The number of guanidine groups is 1. The minimum Gasteiger partial charge on any atom is -0.383 e. The Bertz CT molecular complexity index is 184. The second kappa shape index (κ2) is 10.7. The van der Waals surface area contributed by atoms with Crippen LogP contribution in [0.5, 0.6) is 0 Å². The van der Waals surface area contributed by atoms with Gasteiger partial charge in [-0.25, -0.2) is 0 Å². The third-order valence-electron chi connectivity index (χ3n) is 1.89. The Morgan fingerprint density at radius 3 is 2.44 bits per heavy atom. The van der Waals surface area contributed by atoms with Gasteiger partial charge in [-0.15, -0.1) is 0 Å². The molecule has 5 nitrogen and oxygen atoms in total. The largest absolute Gasteiger partial charge is 0.383 e. The van der Waals surface area contributed by atoms with E-state index in [2.05, 4.69) is 15.6 Å². The average molecular weight is 231 g/mol. The van der Waals surface area contributed by atoms with Crippen molar-refractivity contribution in [1.29, 1.82) is 0 Å². The fraction of sp³-hybridized carbons (Fsp3) is 0.909. The molecule has 5 heteroatoms. The summed E-state index contributed by atoms with van der Waals surface area (Å²) in [7, 11) is 3.44. The predicted octanol–water partition coefficient (Wildman–Crippen LogP) is 0.613. The molecule has 0 amide bonds. The zero-order chi connectivity index (χ0) is 12.2. The Hall–Kier alpha value is -0.810. The zero-order valence-corrected chi connectivity index (χ0v) is 10.9. The molecule has 2 N–H and O–H groups in total. The molecule has 16 heavy (non-hydrogen) atoms. The Labute approximate surface area is 98.6 Å². The summed E-state index contributed by atoms with van der Waals surface area (Å²) in [6.07, 6.45) is 1.28. The monoisotopic (exact) mass is 231 g/mol. The van der Waals surface area contributed by atoms with E-state index >= 15 is 0 Å². The van der Waals surface area contributed by atoms with Crippen molar-refractivity contribution >= 4 is 5.96 Å². The van der Waals surface area contributed by atoms with Crippen LogP contribution in [0.15, 0.2) is 4.99 Å². The molecule has 0 bridgehead atoms. The van der Waals surface area contributed by atoms with E-state index in [0.29, 0.717) is 12.7 Å². The van der Waals surface area contributed by atoms with Gasteiger partial charge in [0.2, 0.25) is 0 Å². The SMILES string of the molecule is CN=C(NCCCOC(C)C)NCCOC. The topological polar surface area (TPSA) is 54.9 Å². The summed E-state index contributed by atoms with van der Waals surface area (Å²) >= 11 is 0. The van der Waals surface area contributed by atoms with Crippen LogP contribution >= 0.6 is 0 Å². The fourth-order valence-electron chi connectivity index (χ4n) is 1.09. The fourth-order valence-corrected chi connectivity index (χ4v) is 1.09. The van der Waals surface area contributed by atoms with Crippen molar-refractivity contribution in [2.75, 3.05) is 40.5 Å². The van der Waals surface area contributed by atoms with Gasteiger partial charge in [0, 0.05) is 33.9 Å². The number of nitrogens with one attached hydrogen (secondary N) is 2. The third-order valence-corrected chi connectivity index (χ3v) is 1.89. The lowest BCUT2D eigenvalue weighted by Gasteiger charge is -2.12. The summed E-state index contributed by atoms with van der Waals surface area (Å²) in [5.41, 5.74) is 0. The van der Waals surface area contributed by atoms with Crippen LogP contribution in [-0.4, -0.2) is 52.5 Å². The number of nitrogens with zero attached hydrogens (tertiary/aromatic N) is 1. The first-order valence-electron chi connectivity index (χ1n) is 5.75. The molecule has 0 rings (SSSR count). The van der Waals surface area contributed by atoms with Crippen molar-refractivity contribution in [3.63, 3.8) is 0 Å². The van der Waals surface area contributed by atoms with Gasteiger partial charge in [-0.1, -0.05) is 0 Å². The molecule has 0 spiro atoms. The van der Waals surface area contributed by atoms with Crippen molar-refractivity contribution < 1.29 is 9.47 Å². The highest BCUT2D eigenvalue weighted by molar-refractivity contribution is 5.79. The van der Waals surface area contributed by atoms with Crippen LogP contribution in [0.2, 0.25) is 0 Å². The maximum Gasteiger partial charge on any atom is 0.191 e. The van der Waals surface area contributed by atoms with Crippen LogP contribution in [0, 0.1) is 0 Å². The average Bonchev–Trinajstić information content (AvgIpc) is 2.26. The Morgan fingerprint density at radius 2 is 1.88 bits per heavy atom. The lowest BCUT2D eigenvalue weighted by atomic mass is 10.4. The van der Waals surface area contributed by atoms with Crippen LogP contribution in [0.4, 0.5) is 0 Å². The van der Waals surface area contributed by atoms with E-state index in [1.807, 2.05) is 13.8 Å². The lowest BCUT2D eigenvalue weighted by Crippen LogP contribution is -2.39. The van der Waals surface area contributed by atoms with Crippen molar-refractivity contribution in [3.05, 3.63) is 0 Å². The molecule has 0 unspecified atom stereocenters. The molecule has 0 heterocycles. The molecule has 0 aromatic carbocycles. The van der Waals surface area contributed by atoms with Crippen molar-refractivity contribution in [1.82, 2.24) is 10.6 Å². The molecule has 0 aromatic rings. The maximum atomic E-state index is 5.44. The summed E-state index contributed by atoms with van der Waals surface area (Å²) in [5, 5.41) is 6.35. The van der Waals surface area contributed by atoms with Gasteiger partial charge < -0.3 is 20.1 Å². The summed E-state index contributed by atoms with van der Waals surface area (Å²) < 4.78 is 10.4. The first kappa shape index (κ1) is 15.2. The predicted molar refractivity (Wildman–Crippen MR) is 66.9 cm³/mol. The lowest BCUT2D eigenvalue weighted by molar-refractivity contribution is 0.0776. The summed E-state index contributed by atoms with van der Waals surface area (Å²) in [6, 6.07) is 0. The minimum absolute atomic E-state index is 0.305. The second-order valence-electron chi connectivity index (χ2n) is 3.69. The van der Waals surface area contributed by atoms with Crippen molar-refractivity contribution in [2.45, 2.75) is 26.4 Å². The molecule has 0 atom stereocenters. The van der Waals surface area contributed by atoms with Crippen LogP contribution < -0.4 is 10.6 Å². The van der Waals surface area contributed by atoms with E-state index in [4.69, 9.17) is 9.47 Å². The molecule has 0 aliphatic rings. The number of hydrogen-bond donors (Lipinski definition) is 2. The Kier molecular flexibility index (Phi) is 10.2. The van der Waals surface area contributed by atoms with Crippen LogP contribution in [0.3, 0.4) is 0 Å². The van der Waals surface area contributed by atoms with Crippen molar-refractivity contribution in [3.8, 4) is 0 Å². The van der Waals surface area contributed by atoms with E-state index in [0.717, 1.165) is 32.1 Å². The summed E-state index contributed by atoms with van der Waals surface area (Å²) in [4.78, 5) is 4.09. The van der Waals surface area contributed by atoms with Gasteiger partial charge in [0.05, 0.1) is 12.7 Å². The molecule has 0 aromatic heterocycles. The van der Waals surface area contributed by atoms with Gasteiger partial charge in [-0.3, -0.25) is 4.99 Å². The quantitative estimate of drug-likeness (QED) is 0.365. The molecule has 96 valence electrons. The minimum atomic E-state index is 0.305. The third kappa shape index (κ3) is 9.73. The number of ether oxygens (including phenoxy) is 2. The Morgan fingerprint density at radius 1 is 1.19 bits per heavy atom. The van der Waals surface area contributed by atoms with E-state index in [1.165, 1.54) is 0 Å². The molecule has 0 aliphatic carbocycles. The molecule has 0 radical (unpaired) electrons. The molecule has 0 saturated heterocycles. The van der Waals surface area contributed by atoms with Crippen LogP contribution in [-0.2, 0) is 9.47 Å². The molecular formula is C11H25N3O2. The normalized spacial score (nSPS) is 11.9. The van der Waals surface area contributed by atoms with Gasteiger partial charge in [0.1, 0.15) is 0 Å². The number of methoxy groups -OCH3 is 1. The van der Waals surface area contributed by atoms with Crippen LogP contribution in [0.25, 0.3) is 0 Å². The first-order valence-corrected chi connectivity index (χ1v) is 5.75. The standard InChI is InChI=1S/C11H25N3O2/c1-10(2)16-8-5-6-13-11(12-3)14-7-9-15-4/h10H,5-9H2,1-4H3,(H2,12,13,14). The molecule has 0 fully saturated rings. The van der Waals surface area contributed by atoms with Gasteiger partial charge in [0.25, 0.3) is 0 Å². The molecule has 0 aliphatic heterocycles. The van der Waals surface area contributed by atoms with E-state index in [-0.39, 0.29) is 0 Å². The number of aliphatic imine (C=N–C) groups is 1. The van der Waals surface area contributed by atoms with E-state index in [1.54, 1.807) is 14.2 Å². The van der Waals surface area contributed by atoms with Crippen molar-refractivity contribution in [2.24, 2.45) is 4.99 Å². The maximum absolute atomic E-state index is 5.44. The van der Waals surface area contributed by atoms with E-state index in [9.17, 15) is 0 Å². The molecular weight excluding hydrogens is 206 g/mol. The number of hydrogen-bond acceptors (Lipinski definition) is 3. The van der Waals surface area contributed by atoms with Crippen LogP contribution in [0.1, 0.15) is 20.3 Å². The smallest absolute Gasteiger partial charge is 0.191 e. The second-order valence-corrected chi connectivity index (χ2v) is 3.69. The summed E-state index contributed by atoms with van der Waals surface area (Å²) in [6.45, 7) is 7.16. The summed E-state index contributed by atoms with van der Waals surface area (Å²) in [5.74, 6) is 0.807. The van der Waals surface area contributed by atoms with Gasteiger partial charge >= 0.3 is 0 Å². The Balaban J connectivity index is 3.41. The highest BCUT2D eigenvalue weighted by Gasteiger charge is 1.96. The van der Waals surface area contributed by atoms with Gasteiger partial charge in [0.15, 0.2) is 5.96 Å². The van der Waals surface area contributed by atoms with Gasteiger partial charge in [-0.2, -0.15) is 0 Å². The number of rotatable bonds is 8. The highest BCUT2D eigenvalue weighted by atomic mass is 16.5.